The maximum absolute atomic E-state index is 12.9. The highest BCUT2D eigenvalue weighted by Crippen LogP contribution is 2.57. The molecule has 112 valence electrons. The van der Waals surface area contributed by atoms with E-state index >= 15 is 0 Å². The fourth-order valence-corrected chi connectivity index (χ4v) is 4.82. The zero-order valence-electron chi connectivity index (χ0n) is 11.8. The van der Waals surface area contributed by atoms with Crippen LogP contribution in [0.5, 0.6) is 0 Å². The summed E-state index contributed by atoms with van der Waals surface area (Å²) < 4.78 is 25.3. The summed E-state index contributed by atoms with van der Waals surface area (Å²) in [5.41, 5.74) is 5.36. The lowest BCUT2D eigenvalue weighted by atomic mass is 10.2. The number of carbonyl (C=O) groups is 1. The fraction of sp³-hybridized carbons (Fsp3) is 0.909. The standard InChI is InChI=1S/C11H23N2O4PS/c1-7(2)16-18(15,17-8(3)4)13-6-9(19)5-10(13)11(12)14/h7-10,19H,5-6H2,1-4H3,(H2,12,14)/t9-,10-/m0/s1. The average molecular weight is 310 g/mol. The van der Waals surface area contributed by atoms with Gasteiger partial charge in [0.25, 0.3) is 0 Å². The van der Waals surface area contributed by atoms with Crippen molar-refractivity contribution >= 4 is 26.3 Å². The van der Waals surface area contributed by atoms with Gasteiger partial charge in [-0.25, -0.2) is 4.57 Å². The number of rotatable bonds is 6. The van der Waals surface area contributed by atoms with Crippen molar-refractivity contribution in [2.24, 2.45) is 5.73 Å². The van der Waals surface area contributed by atoms with Crippen LogP contribution in [0, 0.1) is 0 Å². The fourth-order valence-electron chi connectivity index (χ4n) is 2.01. The van der Waals surface area contributed by atoms with E-state index < -0.39 is 19.7 Å². The quantitative estimate of drug-likeness (QED) is 0.577. The number of carbonyl (C=O) groups excluding carboxylic acids is 1. The molecule has 0 bridgehead atoms. The van der Waals surface area contributed by atoms with Crippen LogP contribution in [-0.2, 0) is 18.4 Å². The van der Waals surface area contributed by atoms with Crippen molar-refractivity contribution in [3.05, 3.63) is 0 Å². The Morgan fingerprint density at radius 1 is 1.32 bits per heavy atom. The Morgan fingerprint density at radius 3 is 2.16 bits per heavy atom. The Bertz CT molecular complexity index is 364. The molecule has 0 radical (unpaired) electrons. The molecule has 1 amide bonds. The molecule has 0 aromatic heterocycles. The summed E-state index contributed by atoms with van der Waals surface area (Å²) >= 11 is 4.34. The normalized spacial score (nSPS) is 25.4. The first-order chi connectivity index (χ1) is 8.65. The lowest BCUT2D eigenvalue weighted by molar-refractivity contribution is -0.121. The number of amides is 1. The van der Waals surface area contributed by atoms with Crippen LogP contribution in [0.1, 0.15) is 34.1 Å². The molecule has 1 aliphatic rings. The maximum Gasteiger partial charge on any atom is 0.409 e. The van der Waals surface area contributed by atoms with E-state index in [1.165, 1.54) is 4.67 Å². The average Bonchev–Trinajstić information content (AvgIpc) is 2.58. The highest BCUT2D eigenvalue weighted by Gasteiger charge is 2.47. The zero-order valence-corrected chi connectivity index (χ0v) is 13.6. The molecule has 1 aliphatic heterocycles. The second-order valence-electron chi connectivity index (χ2n) is 5.21. The molecular weight excluding hydrogens is 287 g/mol. The summed E-state index contributed by atoms with van der Waals surface area (Å²) in [7, 11) is -3.54. The number of primary amides is 1. The first-order valence-electron chi connectivity index (χ1n) is 6.37. The van der Waals surface area contributed by atoms with E-state index in [0.29, 0.717) is 13.0 Å². The molecule has 0 spiro atoms. The number of thiol groups is 1. The Labute approximate surface area is 120 Å². The van der Waals surface area contributed by atoms with Crippen molar-refractivity contribution < 1.29 is 18.4 Å². The number of nitrogens with zero attached hydrogens (tertiary/aromatic N) is 1. The third-order valence-electron chi connectivity index (χ3n) is 2.58. The summed E-state index contributed by atoms with van der Waals surface area (Å²) in [5, 5.41) is -0.0719. The molecule has 19 heavy (non-hydrogen) atoms. The van der Waals surface area contributed by atoms with E-state index in [2.05, 4.69) is 12.6 Å². The zero-order chi connectivity index (χ0) is 14.8. The lowest BCUT2D eigenvalue weighted by Gasteiger charge is -2.32. The van der Waals surface area contributed by atoms with Gasteiger partial charge in [-0.15, -0.1) is 0 Å². The van der Waals surface area contributed by atoms with Gasteiger partial charge < -0.3 is 5.73 Å². The van der Waals surface area contributed by atoms with Crippen molar-refractivity contribution in [2.75, 3.05) is 6.54 Å². The molecule has 2 atom stereocenters. The molecule has 0 aliphatic carbocycles. The predicted octanol–water partition coefficient (Wildman–Crippen LogP) is 1.80. The third kappa shape index (κ3) is 4.46. The van der Waals surface area contributed by atoms with Gasteiger partial charge in [-0.2, -0.15) is 17.3 Å². The van der Waals surface area contributed by atoms with Gasteiger partial charge in [0.1, 0.15) is 6.04 Å². The van der Waals surface area contributed by atoms with Gasteiger partial charge in [0.15, 0.2) is 0 Å². The van der Waals surface area contributed by atoms with Crippen LogP contribution in [-0.4, -0.2) is 40.6 Å². The lowest BCUT2D eigenvalue weighted by Crippen LogP contribution is -2.39. The van der Waals surface area contributed by atoms with Crippen LogP contribution >= 0.6 is 20.4 Å². The van der Waals surface area contributed by atoms with E-state index in [1.54, 1.807) is 27.7 Å². The largest absolute Gasteiger partial charge is 0.409 e. The number of hydrogen-bond acceptors (Lipinski definition) is 5. The molecule has 8 heteroatoms. The summed E-state index contributed by atoms with van der Waals surface area (Å²) in [4.78, 5) is 11.5. The van der Waals surface area contributed by atoms with Gasteiger partial charge in [-0.1, -0.05) is 0 Å². The molecule has 1 saturated heterocycles. The highest BCUT2D eigenvalue weighted by molar-refractivity contribution is 7.81. The number of nitrogens with two attached hydrogens (primary N) is 1. The van der Waals surface area contributed by atoms with Crippen LogP contribution in [0.15, 0.2) is 0 Å². The summed E-state index contributed by atoms with van der Waals surface area (Å²) in [5.74, 6) is -0.531. The van der Waals surface area contributed by atoms with Gasteiger partial charge in [-0.3, -0.25) is 13.8 Å². The highest BCUT2D eigenvalue weighted by atomic mass is 32.1. The summed E-state index contributed by atoms with van der Waals surface area (Å²) in [6.45, 7) is 7.43. The molecule has 0 saturated carbocycles. The van der Waals surface area contributed by atoms with Crippen molar-refractivity contribution in [1.29, 1.82) is 0 Å². The topological polar surface area (TPSA) is 81.9 Å². The Morgan fingerprint density at radius 2 is 1.79 bits per heavy atom. The monoisotopic (exact) mass is 310 g/mol. The Hall–Kier alpha value is -0.0700. The van der Waals surface area contributed by atoms with Crippen molar-refractivity contribution in [1.82, 2.24) is 4.67 Å². The second kappa shape index (κ2) is 6.59. The van der Waals surface area contributed by atoms with Gasteiger partial charge >= 0.3 is 7.75 Å². The van der Waals surface area contributed by atoms with Crippen LogP contribution in [0.2, 0.25) is 0 Å². The SMILES string of the molecule is CC(C)OP(=O)(OC(C)C)N1C[C@@H](S)C[C@H]1C(N)=O. The number of hydrogen-bond donors (Lipinski definition) is 2. The van der Waals surface area contributed by atoms with Crippen LogP contribution < -0.4 is 5.73 Å². The predicted molar refractivity (Wildman–Crippen MR) is 77.1 cm³/mol. The van der Waals surface area contributed by atoms with E-state index in [1.807, 2.05) is 0 Å². The minimum Gasteiger partial charge on any atom is -0.368 e. The Balaban J connectivity index is 3.02. The van der Waals surface area contributed by atoms with Crippen molar-refractivity contribution in [3.8, 4) is 0 Å². The summed E-state index contributed by atoms with van der Waals surface area (Å²) in [6, 6.07) is -0.661. The van der Waals surface area contributed by atoms with Crippen molar-refractivity contribution in [2.45, 2.75) is 57.6 Å². The van der Waals surface area contributed by atoms with Crippen LogP contribution in [0.3, 0.4) is 0 Å². The molecule has 6 nitrogen and oxygen atoms in total. The molecule has 0 aromatic rings. The molecule has 0 aromatic carbocycles. The van der Waals surface area contributed by atoms with Crippen LogP contribution in [0.25, 0.3) is 0 Å². The minimum atomic E-state index is -3.54. The van der Waals surface area contributed by atoms with E-state index in [-0.39, 0.29) is 17.5 Å². The first-order valence-corrected chi connectivity index (χ1v) is 8.38. The first kappa shape index (κ1) is 17.0. The van der Waals surface area contributed by atoms with Gasteiger partial charge in [-0.05, 0) is 34.1 Å². The molecule has 1 heterocycles. The maximum atomic E-state index is 12.9. The molecule has 0 unspecified atom stereocenters. The summed E-state index contributed by atoms with van der Waals surface area (Å²) in [6.07, 6.45) is -0.111. The van der Waals surface area contributed by atoms with Gasteiger partial charge in [0, 0.05) is 11.8 Å². The molecule has 1 rings (SSSR count). The van der Waals surface area contributed by atoms with Crippen LogP contribution in [0.4, 0.5) is 0 Å². The Kier molecular flexibility index (Phi) is 5.89. The molecule has 2 N–H and O–H groups in total. The molecule has 1 fully saturated rings. The van der Waals surface area contributed by atoms with E-state index in [4.69, 9.17) is 14.8 Å². The second-order valence-corrected chi connectivity index (χ2v) is 7.81. The van der Waals surface area contributed by atoms with Gasteiger partial charge in [0.2, 0.25) is 5.91 Å². The smallest absolute Gasteiger partial charge is 0.368 e. The van der Waals surface area contributed by atoms with Crippen molar-refractivity contribution in [3.63, 3.8) is 0 Å². The molecular formula is C11H23N2O4PS. The van der Waals surface area contributed by atoms with E-state index in [9.17, 15) is 9.36 Å². The van der Waals surface area contributed by atoms with E-state index in [0.717, 1.165) is 0 Å². The minimum absolute atomic E-state index is 0.0719. The third-order valence-corrected chi connectivity index (χ3v) is 5.41. The van der Waals surface area contributed by atoms with Gasteiger partial charge in [0.05, 0.1) is 12.2 Å².